The Morgan fingerprint density at radius 3 is 2.30 bits per heavy atom. The first-order chi connectivity index (χ1) is 9.58. The van der Waals surface area contributed by atoms with Crippen LogP contribution in [0, 0.1) is 18.6 Å². The number of hydrogen-bond donors (Lipinski definition) is 1. The molecule has 1 aromatic carbocycles. The van der Waals surface area contributed by atoms with Crippen molar-refractivity contribution < 1.29 is 8.78 Å². The second-order valence-electron chi connectivity index (χ2n) is 4.44. The lowest BCUT2D eigenvalue weighted by molar-refractivity contribution is 0.588. The first kappa shape index (κ1) is 14.4. The molecule has 1 aromatic heterocycles. The van der Waals surface area contributed by atoms with Gasteiger partial charge in [-0.3, -0.25) is 0 Å². The van der Waals surface area contributed by atoms with Gasteiger partial charge in [-0.25, -0.2) is 18.7 Å². The third-order valence-electron chi connectivity index (χ3n) is 3.05. The van der Waals surface area contributed by atoms with Gasteiger partial charge in [-0.2, -0.15) is 0 Å². The summed E-state index contributed by atoms with van der Waals surface area (Å²) in [5.74, 6) is -0.0474. The molecule has 0 fully saturated rings. The van der Waals surface area contributed by atoms with Crippen molar-refractivity contribution in [2.24, 2.45) is 0 Å². The summed E-state index contributed by atoms with van der Waals surface area (Å²) in [5.41, 5.74) is 0.859. The predicted octanol–water partition coefficient (Wildman–Crippen LogP) is 3.72. The van der Waals surface area contributed by atoms with Gasteiger partial charge in [0.25, 0.3) is 0 Å². The van der Waals surface area contributed by atoms with E-state index in [1.165, 1.54) is 18.2 Å². The normalized spacial score (nSPS) is 10.7. The highest BCUT2D eigenvalue weighted by molar-refractivity contribution is 5.69. The zero-order valence-corrected chi connectivity index (χ0v) is 11.8. The summed E-state index contributed by atoms with van der Waals surface area (Å²) in [7, 11) is 0. The average Bonchev–Trinajstić information content (AvgIpc) is 2.42. The molecule has 3 nitrogen and oxygen atoms in total. The third kappa shape index (κ3) is 2.61. The Bertz CT molecular complexity index is 607. The Labute approximate surface area is 117 Å². The number of anilines is 1. The van der Waals surface area contributed by atoms with Crippen LogP contribution in [0.5, 0.6) is 0 Å². The van der Waals surface area contributed by atoms with Crippen LogP contribution in [0.2, 0.25) is 0 Å². The molecule has 0 atom stereocenters. The molecule has 0 aliphatic rings. The molecule has 1 N–H and O–H groups in total. The smallest absolute Gasteiger partial charge is 0.135 e. The minimum absolute atomic E-state index is 0.0961. The van der Waals surface area contributed by atoms with Crippen LogP contribution in [0.25, 0.3) is 11.3 Å². The van der Waals surface area contributed by atoms with E-state index in [-0.39, 0.29) is 5.56 Å². The summed E-state index contributed by atoms with van der Waals surface area (Å²) in [5, 5.41) is 3.10. The maximum absolute atomic E-state index is 13.9. The fourth-order valence-corrected chi connectivity index (χ4v) is 2.03. The Morgan fingerprint density at radius 2 is 1.75 bits per heavy atom. The predicted molar refractivity (Wildman–Crippen MR) is 75.7 cm³/mol. The average molecular weight is 277 g/mol. The first-order valence-corrected chi connectivity index (χ1v) is 6.64. The standard InChI is InChI=1S/C15H17F2N3/c1-4-12-19-14(9(3)15(20-12)18-5-2)13-10(16)7-6-8-11(13)17/h6-8H,4-5H2,1-3H3,(H,18,19,20). The molecule has 0 unspecified atom stereocenters. The molecule has 5 heteroatoms. The van der Waals surface area contributed by atoms with Gasteiger partial charge in [-0.05, 0) is 26.0 Å². The number of rotatable bonds is 4. The van der Waals surface area contributed by atoms with E-state index in [0.717, 1.165) is 0 Å². The molecule has 0 saturated heterocycles. The summed E-state index contributed by atoms with van der Waals surface area (Å²) in [6, 6.07) is 3.81. The minimum Gasteiger partial charge on any atom is -0.370 e. The van der Waals surface area contributed by atoms with E-state index in [9.17, 15) is 8.78 Å². The van der Waals surface area contributed by atoms with Gasteiger partial charge in [0.05, 0.1) is 11.3 Å². The number of halogens is 2. The van der Waals surface area contributed by atoms with Gasteiger partial charge in [0.15, 0.2) is 0 Å². The number of aryl methyl sites for hydroxylation is 1. The lowest BCUT2D eigenvalue weighted by Gasteiger charge is -2.13. The van der Waals surface area contributed by atoms with E-state index < -0.39 is 11.6 Å². The molecular formula is C15H17F2N3. The SMILES string of the molecule is CCNc1nc(CC)nc(-c2c(F)cccc2F)c1C. The van der Waals surface area contributed by atoms with Gasteiger partial charge < -0.3 is 5.32 Å². The van der Waals surface area contributed by atoms with E-state index >= 15 is 0 Å². The molecule has 2 aromatic rings. The molecule has 2 rings (SSSR count). The highest BCUT2D eigenvalue weighted by Gasteiger charge is 2.18. The lowest BCUT2D eigenvalue weighted by Crippen LogP contribution is -2.08. The molecule has 0 aliphatic heterocycles. The summed E-state index contributed by atoms with van der Waals surface area (Å²) in [6.45, 7) is 6.29. The van der Waals surface area contributed by atoms with Gasteiger partial charge in [0.2, 0.25) is 0 Å². The van der Waals surface area contributed by atoms with Crippen molar-refractivity contribution >= 4 is 5.82 Å². The second kappa shape index (κ2) is 5.94. The number of hydrogen-bond acceptors (Lipinski definition) is 3. The van der Waals surface area contributed by atoms with Crippen molar-refractivity contribution in [2.75, 3.05) is 11.9 Å². The minimum atomic E-state index is -0.615. The second-order valence-corrected chi connectivity index (χ2v) is 4.44. The highest BCUT2D eigenvalue weighted by Crippen LogP contribution is 2.30. The molecule has 0 radical (unpaired) electrons. The van der Waals surface area contributed by atoms with Crippen molar-refractivity contribution in [1.29, 1.82) is 0 Å². The van der Waals surface area contributed by atoms with Crippen LogP contribution in [0.1, 0.15) is 25.2 Å². The Morgan fingerprint density at radius 1 is 1.10 bits per heavy atom. The first-order valence-electron chi connectivity index (χ1n) is 6.64. The van der Waals surface area contributed by atoms with E-state index in [1.54, 1.807) is 6.92 Å². The van der Waals surface area contributed by atoms with Crippen LogP contribution in [-0.2, 0) is 6.42 Å². The molecule has 0 saturated carbocycles. The molecule has 20 heavy (non-hydrogen) atoms. The number of benzene rings is 1. The fraction of sp³-hybridized carbons (Fsp3) is 0.333. The molecule has 0 aliphatic carbocycles. The van der Waals surface area contributed by atoms with Crippen LogP contribution in [-0.4, -0.2) is 16.5 Å². The Hall–Kier alpha value is -2.04. The van der Waals surface area contributed by atoms with Gasteiger partial charge in [-0.1, -0.05) is 13.0 Å². The maximum Gasteiger partial charge on any atom is 0.135 e. The molecule has 1 heterocycles. The van der Waals surface area contributed by atoms with Crippen molar-refractivity contribution in [1.82, 2.24) is 9.97 Å². The van der Waals surface area contributed by atoms with E-state index in [4.69, 9.17) is 0 Å². The van der Waals surface area contributed by atoms with Crippen LogP contribution >= 0.6 is 0 Å². The maximum atomic E-state index is 13.9. The van der Waals surface area contributed by atoms with Crippen LogP contribution in [0.4, 0.5) is 14.6 Å². The zero-order valence-electron chi connectivity index (χ0n) is 11.8. The Balaban J connectivity index is 2.69. The van der Waals surface area contributed by atoms with Crippen LogP contribution in [0.15, 0.2) is 18.2 Å². The molecule has 0 bridgehead atoms. The molecule has 0 spiro atoms. The largest absolute Gasteiger partial charge is 0.370 e. The van der Waals surface area contributed by atoms with Crippen molar-refractivity contribution in [2.45, 2.75) is 27.2 Å². The summed E-state index contributed by atoms with van der Waals surface area (Å²) >= 11 is 0. The number of nitrogens with one attached hydrogen (secondary N) is 1. The molecular weight excluding hydrogens is 260 g/mol. The quantitative estimate of drug-likeness (QED) is 0.925. The third-order valence-corrected chi connectivity index (χ3v) is 3.05. The van der Waals surface area contributed by atoms with Crippen LogP contribution < -0.4 is 5.32 Å². The lowest BCUT2D eigenvalue weighted by atomic mass is 10.1. The Kier molecular flexibility index (Phi) is 4.27. The topological polar surface area (TPSA) is 37.8 Å². The van der Waals surface area contributed by atoms with E-state index in [2.05, 4.69) is 15.3 Å². The van der Waals surface area contributed by atoms with Crippen molar-refractivity contribution in [3.63, 3.8) is 0 Å². The summed E-state index contributed by atoms with van der Waals surface area (Å²) < 4.78 is 27.9. The zero-order chi connectivity index (χ0) is 14.7. The van der Waals surface area contributed by atoms with Gasteiger partial charge in [0, 0.05) is 18.5 Å². The monoisotopic (exact) mass is 277 g/mol. The van der Waals surface area contributed by atoms with Gasteiger partial charge in [-0.15, -0.1) is 0 Å². The molecule has 0 amide bonds. The highest BCUT2D eigenvalue weighted by atomic mass is 19.1. The van der Waals surface area contributed by atoms with Gasteiger partial charge in [0.1, 0.15) is 23.3 Å². The van der Waals surface area contributed by atoms with Crippen LogP contribution in [0.3, 0.4) is 0 Å². The van der Waals surface area contributed by atoms with E-state index in [0.29, 0.717) is 35.9 Å². The number of aromatic nitrogens is 2. The summed E-state index contributed by atoms with van der Waals surface area (Å²) in [4.78, 5) is 8.65. The van der Waals surface area contributed by atoms with Crippen molar-refractivity contribution in [3.8, 4) is 11.3 Å². The summed E-state index contributed by atoms with van der Waals surface area (Å²) in [6.07, 6.45) is 0.599. The number of nitrogens with zero attached hydrogens (tertiary/aromatic N) is 2. The fourth-order valence-electron chi connectivity index (χ4n) is 2.03. The van der Waals surface area contributed by atoms with Gasteiger partial charge >= 0.3 is 0 Å². The molecule has 106 valence electrons. The van der Waals surface area contributed by atoms with Crippen molar-refractivity contribution in [3.05, 3.63) is 41.2 Å². The van der Waals surface area contributed by atoms with E-state index in [1.807, 2.05) is 13.8 Å².